The number of hydrogen-bond donors (Lipinski definition) is 1. The number of nitrogens with zero attached hydrogens (tertiary/aromatic N) is 1. The average molecular weight is 290 g/mol. The molecule has 1 aromatic rings. The maximum absolute atomic E-state index is 5.89. The zero-order valence-corrected chi connectivity index (χ0v) is 13.8. The summed E-state index contributed by atoms with van der Waals surface area (Å²) in [4.78, 5) is 2.48. The van der Waals surface area contributed by atoms with E-state index >= 15 is 0 Å². The Hall–Kier alpha value is -1.06. The maximum Gasteiger partial charge on any atom is 0.119 e. The van der Waals surface area contributed by atoms with Gasteiger partial charge in [0.2, 0.25) is 0 Å². The second-order valence-electron chi connectivity index (χ2n) is 6.56. The highest BCUT2D eigenvalue weighted by atomic mass is 16.5. The van der Waals surface area contributed by atoms with Crippen molar-refractivity contribution in [1.82, 2.24) is 10.2 Å². The first-order chi connectivity index (χ1) is 10.1. The molecule has 1 N–H and O–H groups in total. The number of ether oxygens (including phenoxy) is 1. The summed E-state index contributed by atoms with van der Waals surface area (Å²) < 4.78 is 5.89. The van der Waals surface area contributed by atoms with E-state index in [0.29, 0.717) is 0 Å². The van der Waals surface area contributed by atoms with E-state index in [4.69, 9.17) is 4.74 Å². The minimum Gasteiger partial charge on any atom is -0.492 e. The van der Waals surface area contributed by atoms with Crippen molar-refractivity contribution in [2.45, 2.75) is 39.0 Å². The SMILES string of the molecule is CCC(C)(C)c1ccc(OCCN2CCCNCC2)cc1. The third-order valence-electron chi connectivity index (χ3n) is 4.63. The Bertz CT molecular complexity index is 406. The summed E-state index contributed by atoms with van der Waals surface area (Å²) in [5.74, 6) is 0.985. The quantitative estimate of drug-likeness (QED) is 0.871. The van der Waals surface area contributed by atoms with Gasteiger partial charge in [-0.1, -0.05) is 32.9 Å². The third-order valence-corrected chi connectivity index (χ3v) is 4.63. The second kappa shape index (κ2) is 7.81. The molecule has 1 fully saturated rings. The van der Waals surface area contributed by atoms with E-state index in [9.17, 15) is 0 Å². The Morgan fingerprint density at radius 1 is 1.14 bits per heavy atom. The summed E-state index contributed by atoms with van der Waals surface area (Å²) in [6.07, 6.45) is 2.39. The molecule has 118 valence electrons. The first-order valence-electron chi connectivity index (χ1n) is 8.28. The van der Waals surface area contributed by atoms with Crippen LogP contribution in [-0.2, 0) is 5.41 Å². The summed E-state index contributed by atoms with van der Waals surface area (Å²) >= 11 is 0. The Morgan fingerprint density at radius 2 is 1.90 bits per heavy atom. The van der Waals surface area contributed by atoms with Gasteiger partial charge in [-0.15, -0.1) is 0 Å². The van der Waals surface area contributed by atoms with Gasteiger partial charge < -0.3 is 10.1 Å². The standard InChI is InChI=1S/C18H30N2O/c1-4-18(2,3)16-6-8-17(9-7-16)21-15-14-20-12-5-10-19-11-13-20/h6-9,19H,4-5,10-15H2,1-3H3. The van der Waals surface area contributed by atoms with Crippen molar-refractivity contribution in [3.63, 3.8) is 0 Å². The van der Waals surface area contributed by atoms with Crippen LogP contribution in [0.4, 0.5) is 0 Å². The van der Waals surface area contributed by atoms with Gasteiger partial charge >= 0.3 is 0 Å². The third kappa shape index (κ3) is 5.01. The molecule has 0 aromatic heterocycles. The normalized spacial score (nSPS) is 17.5. The van der Waals surface area contributed by atoms with Gasteiger partial charge in [0.25, 0.3) is 0 Å². The van der Waals surface area contributed by atoms with E-state index in [2.05, 4.69) is 55.3 Å². The fourth-order valence-corrected chi connectivity index (χ4v) is 2.62. The van der Waals surface area contributed by atoms with Crippen molar-refractivity contribution in [3.05, 3.63) is 29.8 Å². The lowest BCUT2D eigenvalue weighted by molar-refractivity contribution is 0.217. The van der Waals surface area contributed by atoms with Gasteiger partial charge in [0.05, 0.1) is 0 Å². The monoisotopic (exact) mass is 290 g/mol. The summed E-state index contributed by atoms with van der Waals surface area (Å²) in [6.45, 7) is 13.2. The first-order valence-corrected chi connectivity index (χ1v) is 8.28. The van der Waals surface area contributed by atoms with Crippen molar-refractivity contribution < 1.29 is 4.74 Å². The molecule has 0 spiro atoms. The molecule has 0 aliphatic carbocycles. The van der Waals surface area contributed by atoms with Gasteiger partial charge in [0.15, 0.2) is 0 Å². The molecule has 1 aliphatic heterocycles. The maximum atomic E-state index is 5.89. The van der Waals surface area contributed by atoms with E-state index < -0.39 is 0 Å². The van der Waals surface area contributed by atoms with Crippen LogP contribution in [0.5, 0.6) is 5.75 Å². The Kier molecular flexibility index (Phi) is 6.07. The van der Waals surface area contributed by atoms with Crippen molar-refractivity contribution in [2.24, 2.45) is 0 Å². The lowest BCUT2D eigenvalue weighted by Gasteiger charge is -2.23. The smallest absolute Gasteiger partial charge is 0.119 e. The predicted molar refractivity (Wildman–Crippen MR) is 89.2 cm³/mol. The molecule has 0 unspecified atom stereocenters. The largest absolute Gasteiger partial charge is 0.492 e. The van der Waals surface area contributed by atoms with Gasteiger partial charge in [-0.2, -0.15) is 0 Å². The number of benzene rings is 1. The van der Waals surface area contributed by atoms with Crippen molar-refractivity contribution in [2.75, 3.05) is 39.3 Å². The number of rotatable bonds is 6. The van der Waals surface area contributed by atoms with E-state index in [1.54, 1.807) is 0 Å². The molecule has 0 atom stereocenters. The van der Waals surface area contributed by atoms with E-state index in [-0.39, 0.29) is 5.41 Å². The lowest BCUT2D eigenvalue weighted by atomic mass is 9.82. The highest BCUT2D eigenvalue weighted by Gasteiger charge is 2.17. The minimum atomic E-state index is 0.248. The predicted octanol–water partition coefficient (Wildman–Crippen LogP) is 3.05. The Balaban J connectivity index is 1.78. The van der Waals surface area contributed by atoms with Gasteiger partial charge in [-0.3, -0.25) is 4.90 Å². The summed E-state index contributed by atoms with van der Waals surface area (Å²) in [5.41, 5.74) is 1.63. The van der Waals surface area contributed by atoms with Crippen LogP contribution in [0.15, 0.2) is 24.3 Å². The molecule has 1 aliphatic rings. The molecule has 2 rings (SSSR count). The topological polar surface area (TPSA) is 24.5 Å². The molecule has 1 aromatic carbocycles. The molecule has 21 heavy (non-hydrogen) atoms. The van der Waals surface area contributed by atoms with Gasteiger partial charge in [-0.25, -0.2) is 0 Å². The van der Waals surface area contributed by atoms with Crippen LogP contribution in [-0.4, -0.2) is 44.2 Å². The molecule has 0 amide bonds. The molecule has 1 heterocycles. The van der Waals surface area contributed by atoms with Gasteiger partial charge in [-0.05, 0) is 49.0 Å². The summed E-state index contributed by atoms with van der Waals surface area (Å²) in [5, 5.41) is 3.43. The van der Waals surface area contributed by atoms with Gasteiger partial charge in [0, 0.05) is 19.6 Å². The highest BCUT2D eigenvalue weighted by molar-refractivity contribution is 5.31. The lowest BCUT2D eigenvalue weighted by Crippen LogP contribution is -2.31. The summed E-state index contributed by atoms with van der Waals surface area (Å²) in [6, 6.07) is 8.62. The molecule has 0 saturated carbocycles. The van der Waals surface area contributed by atoms with Crippen LogP contribution in [0.1, 0.15) is 39.2 Å². The van der Waals surface area contributed by atoms with Crippen LogP contribution in [0.2, 0.25) is 0 Å². The van der Waals surface area contributed by atoms with Crippen molar-refractivity contribution in [3.8, 4) is 5.75 Å². The van der Waals surface area contributed by atoms with Crippen molar-refractivity contribution >= 4 is 0 Å². The molecule has 3 heteroatoms. The number of hydrogen-bond acceptors (Lipinski definition) is 3. The van der Waals surface area contributed by atoms with E-state index in [1.807, 2.05) is 0 Å². The van der Waals surface area contributed by atoms with Crippen LogP contribution in [0.3, 0.4) is 0 Å². The zero-order valence-electron chi connectivity index (χ0n) is 13.8. The molecule has 0 radical (unpaired) electrons. The average Bonchev–Trinajstić information content (AvgIpc) is 2.77. The second-order valence-corrected chi connectivity index (χ2v) is 6.56. The van der Waals surface area contributed by atoms with Crippen molar-refractivity contribution in [1.29, 1.82) is 0 Å². The molecule has 0 bridgehead atoms. The van der Waals surface area contributed by atoms with E-state index in [1.165, 1.54) is 18.5 Å². The Labute approximate surface area is 129 Å². The first kappa shape index (κ1) is 16.3. The molecule has 3 nitrogen and oxygen atoms in total. The van der Waals surface area contributed by atoms with E-state index in [0.717, 1.165) is 45.0 Å². The van der Waals surface area contributed by atoms with Crippen LogP contribution >= 0.6 is 0 Å². The molecular formula is C18H30N2O. The zero-order chi connectivity index (χ0) is 15.1. The Morgan fingerprint density at radius 3 is 2.62 bits per heavy atom. The highest BCUT2D eigenvalue weighted by Crippen LogP contribution is 2.27. The van der Waals surface area contributed by atoms with Gasteiger partial charge in [0.1, 0.15) is 12.4 Å². The fraction of sp³-hybridized carbons (Fsp3) is 0.667. The minimum absolute atomic E-state index is 0.248. The van der Waals surface area contributed by atoms with Crippen LogP contribution < -0.4 is 10.1 Å². The van der Waals surface area contributed by atoms with Crippen LogP contribution in [0, 0.1) is 0 Å². The van der Waals surface area contributed by atoms with Crippen LogP contribution in [0.25, 0.3) is 0 Å². The fourth-order valence-electron chi connectivity index (χ4n) is 2.62. The summed E-state index contributed by atoms with van der Waals surface area (Å²) in [7, 11) is 0. The molecular weight excluding hydrogens is 260 g/mol. The number of nitrogens with one attached hydrogen (secondary N) is 1. The molecule has 1 saturated heterocycles.